The maximum absolute atomic E-state index is 5.73. The quantitative estimate of drug-likeness (QED) is 0.777. The third-order valence-corrected chi connectivity index (χ3v) is 5.03. The fourth-order valence-corrected chi connectivity index (χ4v) is 3.71. The standard InChI is InChI=1S/C17H34N2O/c1-4-5-16-6-9-19(10-7-16)13-17(8-11-20-14-17)12-18-15(2)3/h15-16,18H,4-14H2,1-3H3. The molecule has 0 aliphatic carbocycles. The molecule has 118 valence electrons. The number of hydrogen-bond acceptors (Lipinski definition) is 3. The molecule has 3 nitrogen and oxygen atoms in total. The molecule has 1 N–H and O–H groups in total. The molecule has 0 radical (unpaired) electrons. The molecule has 0 bridgehead atoms. The van der Waals surface area contributed by atoms with Crippen molar-refractivity contribution in [3.8, 4) is 0 Å². The topological polar surface area (TPSA) is 24.5 Å². The van der Waals surface area contributed by atoms with E-state index in [0.717, 1.165) is 25.7 Å². The zero-order valence-corrected chi connectivity index (χ0v) is 13.8. The van der Waals surface area contributed by atoms with Crippen LogP contribution in [0.2, 0.25) is 0 Å². The van der Waals surface area contributed by atoms with Gasteiger partial charge in [0.2, 0.25) is 0 Å². The summed E-state index contributed by atoms with van der Waals surface area (Å²) in [6.45, 7) is 13.6. The Kier molecular flexibility index (Phi) is 6.31. The Balaban J connectivity index is 1.80. The first-order chi connectivity index (χ1) is 9.63. The van der Waals surface area contributed by atoms with Gasteiger partial charge in [-0.3, -0.25) is 0 Å². The lowest BCUT2D eigenvalue weighted by Gasteiger charge is -2.39. The summed E-state index contributed by atoms with van der Waals surface area (Å²) in [7, 11) is 0. The van der Waals surface area contributed by atoms with E-state index in [1.54, 1.807) is 0 Å². The van der Waals surface area contributed by atoms with Gasteiger partial charge in [-0.25, -0.2) is 0 Å². The summed E-state index contributed by atoms with van der Waals surface area (Å²) in [6, 6.07) is 0.572. The predicted octanol–water partition coefficient (Wildman–Crippen LogP) is 2.90. The first-order valence-corrected chi connectivity index (χ1v) is 8.67. The van der Waals surface area contributed by atoms with E-state index >= 15 is 0 Å². The summed E-state index contributed by atoms with van der Waals surface area (Å²) in [5.74, 6) is 0.987. The van der Waals surface area contributed by atoms with Crippen molar-refractivity contribution in [3.63, 3.8) is 0 Å². The Morgan fingerprint density at radius 2 is 2.05 bits per heavy atom. The number of piperidine rings is 1. The van der Waals surface area contributed by atoms with Gasteiger partial charge >= 0.3 is 0 Å². The number of hydrogen-bond donors (Lipinski definition) is 1. The molecule has 0 amide bonds. The minimum absolute atomic E-state index is 0.363. The Labute approximate surface area is 125 Å². The fourth-order valence-electron chi connectivity index (χ4n) is 3.71. The van der Waals surface area contributed by atoms with Crippen molar-refractivity contribution >= 4 is 0 Å². The van der Waals surface area contributed by atoms with Crippen LogP contribution in [0.15, 0.2) is 0 Å². The molecular weight excluding hydrogens is 248 g/mol. The molecular formula is C17H34N2O. The van der Waals surface area contributed by atoms with Crippen LogP contribution in [0.5, 0.6) is 0 Å². The van der Waals surface area contributed by atoms with Crippen LogP contribution in [-0.4, -0.2) is 50.3 Å². The summed E-state index contributed by atoms with van der Waals surface area (Å²) in [5, 5.41) is 3.64. The van der Waals surface area contributed by atoms with Gasteiger partial charge in [-0.1, -0.05) is 33.6 Å². The van der Waals surface area contributed by atoms with Crippen LogP contribution < -0.4 is 5.32 Å². The molecule has 0 aromatic heterocycles. The summed E-state index contributed by atoms with van der Waals surface area (Å²) in [5.41, 5.74) is 0.363. The van der Waals surface area contributed by atoms with E-state index < -0.39 is 0 Å². The van der Waals surface area contributed by atoms with Crippen molar-refractivity contribution in [2.75, 3.05) is 39.4 Å². The van der Waals surface area contributed by atoms with Gasteiger partial charge in [0.25, 0.3) is 0 Å². The summed E-state index contributed by atoms with van der Waals surface area (Å²) >= 11 is 0. The summed E-state index contributed by atoms with van der Waals surface area (Å²) in [4.78, 5) is 2.70. The maximum atomic E-state index is 5.73. The van der Waals surface area contributed by atoms with Crippen LogP contribution in [0, 0.1) is 11.3 Å². The molecule has 0 spiro atoms. The minimum atomic E-state index is 0.363. The fraction of sp³-hybridized carbons (Fsp3) is 1.00. The summed E-state index contributed by atoms with van der Waals surface area (Å²) in [6.07, 6.45) is 6.81. The number of ether oxygens (including phenoxy) is 1. The molecule has 2 saturated heterocycles. The lowest BCUT2D eigenvalue weighted by molar-refractivity contribution is 0.0846. The van der Waals surface area contributed by atoms with Crippen molar-refractivity contribution in [3.05, 3.63) is 0 Å². The van der Waals surface area contributed by atoms with Crippen LogP contribution in [0.25, 0.3) is 0 Å². The average molecular weight is 282 g/mol. The molecule has 2 fully saturated rings. The van der Waals surface area contributed by atoms with Gasteiger partial charge in [0.15, 0.2) is 0 Å². The molecule has 2 rings (SSSR count). The van der Waals surface area contributed by atoms with Crippen molar-refractivity contribution < 1.29 is 4.74 Å². The van der Waals surface area contributed by atoms with Crippen LogP contribution in [0.4, 0.5) is 0 Å². The molecule has 0 aromatic rings. The highest BCUT2D eigenvalue weighted by atomic mass is 16.5. The molecule has 20 heavy (non-hydrogen) atoms. The second-order valence-corrected chi connectivity index (χ2v) is 7.35. The van der Waals surface area contributed by atoms with Crippen molar-refractivity contribution in [1.82, 2.24) is 10.2 Å². The van der Waals surface area contributed by atoms with Gasteiger partial charge in [0, 0.05) is 31.2 Å². The second kappa shape index (κ2) is 7.77. The lowest BCUT2D eigenvalue weighted by atomic mass is 9.84. The molecule has 2 aliphatic rings. The normalized spacial score (nSPS) is 29.4. The van der Waals surface area contributed by atoms with Crippen LogP contribution in [0.1, 0.15) is 52.9 Å². The van der Waals surface area contributed by atoms with Gasteiger partial charge in [0.05, 0.1) is 6.61 Å². The third-order valence-electron chi connectivity index (χ3n) is 5.03. The monoisotopic (exact) mass is 282 g/mol. The van der Waals surface area contributed by atoms with Crippen molar-refractivity contribution in [1.29, 1.82) is 0 Å². The van der Waals surface area contributed by atoms with Crippen LogP contribution in [0.3, 0.4) is 0 Å². The molecule has 0 saturated carbocycles. The largest absolute Gasteiger partial charge is 0.381 e. The highest BCUT2D eigenvalue weighted by Gasteiger charge is 2.37. The molecule has 2 aliphatic heterocycles. The molecule has 3 heteroatoms. The Morgan fingerprint density at radius 3 is 2.60 bits per heavy atom. The minimum Gasteiger partial charge on any atom is -0.381 e. The number of nitrogens with one attached hydrogen (secondary N) is 1. The summed E-state index contributed by atoms with van der Waals surface area (Å²) < 4.78 is 5.73. The van der Waals surface area contributed by atoms with Gasteiger partial charge in [0.1, 0.15) is 0 Å². The predicted molar refractivity (Wildman–Crippen MR) is 85.1 cm³/mol. The van der Waals surface area contributed by atoms with Crippen molar-refractivity contribution in [2.24, 2.45) is 11.3 Å². The zero-order valence-electron chi connectivity index (χ0n) is 13.8. The van der Waals surface area contributed by atoms with Gasteiger partial charge in [-0.05, 0) is 38.3 Å². The van der Waals surface area contributed by atoms with Gasteiger partial charge in [-0.15, -0.1) is 0 Å². The first kappa shape index (κ1) is 16.3. The van der Waals surface area contributed by atoms with E-state index in [1.807, 2.05) is 0 Å². The zero-order chi connectivity index (χ0) is 14.4. The third kappa shape index (κ3) is 4.71. The molecule has 2 heterocycles. The lowest BCUT2D eigenvalue weighted by Crippen LogP contribution is -2.48. The Hall–Kier alpha value is -0.120. The van der Waals surface area contributed by atoms with E-state index in [2.05, 4.69) is 31.0 Å². The van der Waals surface area contributed by atoms with E-state index in [-0.39, 0.29) is 0 Å². The second-order valence-electron chi connectivity index (χ2n) is 7.35. The highest BCUT2D eigenvalue weighted by Crippen LogP contribution is 2.31. The van der Waals surface area contributed by atoms with E-state index in [0.29, 0.717) is 11.5 Å². The first-order valence-electron chi connectivity index (χ1n) is 8.67. The van der Waals surface area contributed by atoms with E-state index in [1.165, 1.54) is 51.7 Å². The number of nitrogens with zero attached hydrogens (tertiary/aromatic N) is 1. The van der Waals surface area contributed by atoms with E-state index in [4.69, 9.17) is 4.74 Å². The van der Waals surface area contributed by atoms with Crippen LogP contribution in [-0.2, 0) is 4.74 Å². The van der Waals surface area contributed by atoms with Gasteiger partial charge < -0.3 is 15.0 Å². The molecule has 0 aromatic carbocycles. The van der Waals surface area contributed by atoms with E-state index in [9.17, 15) is 0 Å². The maximum Gasteiger partial charge on any atom is 0.0547 e. The highest BCUT2D eigenvalue weighted by molar-refractivity contribution is 4.90. The van der Waals surface area contributed by atoms with Crippen LogP contribution >= 0.6 is 0 Å². The average Bonchev–Trinajstić information content (AvgIpc) is 2.88. The van der Waals surface area contributed by atoms with Gasteiger partial charge in [-0.2, -0.15) is 0 Å². The SMILES string of the molecule is CCCC1CCN(CC2(CNC(C)C)CCOC2)CC1. The number of likely N-dealkylation sites (tertiary alicyclic amines) is 1. The number of rotatable bonds is 7. The smallest absolute Gasteiger partial charge is 0.0547 e. The molecule has 1 unspecified atom stereocenters. The molecule has 1 atom stereocenters. The Morgan fingerprint density at radius 1 is 1.30 bits per heavy atom. The Bertz CT molecular complexity index is 266. The van der Waals surface area contributed by atoms with Crippen molar-refractivity contribution in [2.45, 2.75) is 58.9 Å².